The molecule has 0 spiro atoms. The molecule has 1 aliphatic heterocycles. The Bertz CT molecular complexity index is 577. The summed E-state index contributed by atoms with van der Waals surface area (Å²) in [6.45, 7) is 4.01. The summed E-state index contributed by atoms with van der Waals surface area (Å²) in [7, 11) is -3.63. The minimum absolute atomic E-state index is 0.105. The summed E-state index contributed by atoms with van der Waals surface area (Å²) in [4.78, 5) is 0.124. The number of sulfonamides is 1. The van der Waals surface area contributed by atoms with Crippen LogP contribution in [-0.4, -0.2) is 43.1 Å². The Morgan fingerprint density at radius 3 is 2.63 bits per heavy atom. The second-order valence-electron chi connectivity index (χ2n) is 4.79. The van der Waals surface area contributed by atoms with Gasteiger partial charge in [0.1, 0.15) is 10.6 Å². The molecule has 1 N–H and O–H groups in total. The first-order chi connectivity index (χ1) is 8.76. The zero-order valence-electron chi connectivity index (χ0n) is 10.8. The highest BCUT2D eigenvalue weighted by Crippen LogP contribution is 2.34. The zero-order chi connectivity index (χ0) is 14.3. The highest BCUT2D eigenvalue weighted by atomic mass is 79.9. The first kappa shape index (κ1) is 14.8. The van der Waals surface area contributed by atoms with Crippen LogP contribution in [0.4, 0.5) is 0 Å². The van der Waals surface area contributed by atoms with Crippen LogP contribution in [0.1, 0.15) is 13.8 Å². The molecular weight excluding hydrogens is 334 g/mol. The highest BCUT2D eigenvalue weighted by molar-refractivity contribution is 9.10. The maximum atomic E-state index is 12.5. The molecule has 0 bridgehead atoms. The summed E-state index contributed by atoms with van der Waals surface area (Å²) < 4.78 is 32.2. The fourth-order valence-electron chi connectivity index (χ4n) is 1.98. The molecule has 1 saturated heterocycles. The van der Waals surface area contributed by atoms with E-state index in [2.05, 4.69) is 15.9 Å². The molecule has 19 heavy (non-hydrogen) atoms. The van der Waals surface area contributed by atoms with Gasteiger partial charge in [0.15, 0.2) is 0 Å². The summed E-state index contributed by atoms with van der Waals surface area (Å²) in [5.74, 6) is 0.331. The van der Waals surface area contributed by atoms with Crippen LogP contribution in [0.25, 0.3) is 0 Å². The molecule has 1 aromatic carbocycles. The van der Waals surface area contributed by atoms with Gasteiger partial charge in [-0.15, -0.1) is 0 Å². The SMILES string of the molecule is CCOc1ccc(Br)cc1S(=O)(=O)N1CC(C)(O)C1. The molecule has 1 fully saturated rings. The van der Waals surface area contributed by atoms with Crippen LogP contribution in [0.15, 0.2) is 27.6 Å². The standard InChI is InChI=1S/C12H16BrNO4S/c1-3-18-10-5-4-9(13)6-11(10)19(16,17)14-7-12(2,15)8-14/h4-6,15H,3,7-8H2,1-2H3. The number of ether oxygens (including phenoxy) is 1. The van der Waals surface area contributed by atoms with Crippen molar-refractivity contribution < 1.29 is 18.3 Å². The molecule has 0 radical (unpaired) electrons. The van der Waals surface area contributed by atoms with Crippen LogP contribution < -0.4 is 4.74 Å². The summed E-state index contributed by atoms with van der Waals surface area (Å²) in [5.41, 5.74) is -0.940. The smallest absolute Gasteiger partial charge is 0.246 e. The van der Waals surface area contributed by atoms with Gasteiger partial charge in [-0.1, -0.05) is 15.9 Å². The lowest BCUT2D eigenvalue weighted by molar-refractivity contribution is -0.0426. The Morgan fingerprint density at radius 1 is 1.47 bits per heavy atom. The number of hydrogen-bond donors (Lipinski definition) is 1. The van der Waals surface area contributed by atoms with Crippen molar-refractivity contribution in [2.75, 3.05) is 19.7 Å². The third-order valence-electron chi connectivity index (χ3n) is 2.86. The Labute approximate surface area is 121 Å². The van der Waals surface area contributed by atoms with E-state index in [9.17, 15) is 13.5 Å². The van der Waals surface area contributed by atoms with Gasteiger partial charge in [-0.25, -0.2) is 8.42 Å². The molecule has 106 valence electrons. The predicted molar refractivity (Wildman–Crippen MR) is 74.7 cm³/mol. The van der Waals surface area contributed by atoms with Crippen molar-refractivity contribution in [1.29, 1.82) is 0 Å². The van der Waals surface area contributed by atoms with E-state index < -0.39 is 15.6 Å². The molecule has 1 aliphatic rings. The molecule has 1 heterocycles. The van der Waals surface area contributed by atoms with E-state index in [1.165, 1.54) is 10.4 Å². The first-order valence-corrected chi connectivity index (χ1v) is 8.14. The second-order valence-corrected chi connectivity index (χ2v) is 7.62. The molecule has 0 atom stereocenters. The van der Waals surface area contributed by atoms with Gasteiger partial charge in [-0.3, -0.25) is 0 Å². The number of benzene rings is 1. The maximum absolute atomic E-state index is 12.5. The van der Waals surface area contributed by atoms with E-state index in [0.717, 1.165) is 0 Å². The minimum atomic E-state index is -3.63. The monoisotopic (exact) mass is 349 g/mol. The number of β-amino-alcohol motifs (C(OH)–C–C–N with tert-alkyl or cyclic N) is 1. The van der Waals surface area contributed by atoms with Gasteiger partial charge < -0.3 is 9.84 Å². The van der Waals surface area contributed by atoms with Gasteiger partial charge in [-0.05, 0) is 32.0 Å². The van der Waals surface area contributed by atoms with Gasteiger partial charge in [0.05, 0.1) is 12.2 Å². The van der Waals surface area contributed by atoms with Gasteiger partial charge in [0.25, 0.3) is 0 Å². The van der Waals surface area contributed by atoms with Crippen LogP contribution in [-0.2, 0) is 10.0 Å². The summed E-state index contributed by atoms with van der Waals surface area (Å²) in [5, 5.41) is 9.67. The topological polar surface area (TPSA) is 66.8 Å². The van der Waals surface area contributed by atoms with Gasteiger partial charge in [0, 0.05) is 17.6 Å². The van der Waals surface area contributed by atoms with E-state index >= 15 is 0 Å². The Morgan fingerprint density at radius 2 is 2.11 bits per heavy atom. The van der Waals surface area contributed by atoms with Crippen molar-refractivity contribution in [3.8, 4) is 5.75 Å². The van der Waals surface area contributed by atoms with Gasteiger partial charge in [-0.2, -0.15) is 4.31 Å². The molecule has 0 unspecified atom stereocenters. The third-order valence-corrected chi connectivity index (χ3v) is 5.16. The summed E-state index contributed by atoms with van der Waals surface area (Å²) in [6, 6.07) is 4.88. The average Bonchev–Trinajstić information content (AvgIpc) is 2.28. The number of rotatable bonds is 4. The van der Waals surface area contributed by atoms with E-state index in [-0.39, 0.29) is 18.0 Å². The second kappa shape index (κ2) is 5.05. The Hall–Kier alpha value is -0.630. The molecule has 0 aromatic heterocycles. The molecule has 0 amide bonds. The summed E-state index contributed by atoms with van der Waals surface area (Å²) in [6.07, 6.45) is 0. The quantitative estimate of drug-likeness (QED) is 0.896. The minimum Gasteiger partial charge on any atom is -0.492 e. The molecule has 1 aromatic rings. The van der Waals surface area contributed by atoms with Crippen LogP contribution >= 0.6 is 15.9 Å². The van der Waals surface area contributed by atoms with E-state index in [0.29, 0.717) is 16.8 Å². The van der Waals surface area contributed by atoms with Crippen LogP contribution in [0.3, 0.4) is 0 Å². The zero-order valence-corrected chi connectivity index (χ0v) is 13.2. The van der Waals surface area contributed by atoms with E-state index in [1.807, 2.05) is 0 Å². The fraction of sp³-hybridized carbons (Fsp3) is 0.500. The molecule has 2 rings (SSSR count). The highest BCUT2D eigenvalue weighted by Gasteiger charge is 2.44. The first-order valence-electron chi connectivity index (χ1n) is 5.91. The van der Waals surface area contributed by atoms with Crippen molar-refractivity contribution >= 4 is 26.0 Å². The van der Waals surface area contributed by atoms with Crippen molar-refractivity contribution in [3.63, 3.8) is 0 Å². The maximum Gasteiger partial charge on any atom is 0.246 e. The van der Waals surface area contributed by atoms with Gasteiger partial charge in [0.2, 0.25) is 10.0 Å². The van der Waals surface area contributed by atoms with Crippen LogP contribution in [0.2, 0.25) is 0 Å². The molecule has 7 heteroatoms. The largest absolute Gasteiger partial charge is 0.492 e. The lowest BCUT2D eigenvalue weighted by atomic mass is 10.0. The van der Waals surface area contributed by atoms with E-state index in [1.54, 1.807) is 26.0 Å². The number of aliphatic hydroxyl groups is 1. The fourth-order valence-corrected chi connectivity index (χ4v) is 4.32. The molecule has 0 saturated carbocycles. The lowest BCUT2D eigenvalue weighted by Crippen LogP contribution is -2.61. The molecule has 0 aliphatic carbocycles. The number of halogens is 1. The summed E-state index contributed by atoms with van der Waals surface area (Å²) >= 11 is 3.26. The van der Waals surface area contributed by atoms with Gasteiger partial charge >= 0.3 is 0 Å². The average molecular weight is 350 g/mol. The Balaban J connectivity index is 2.37. The van der Waals surface area contributed by atoms with Crippen LogP contribution in [0.5, 0.6) is 5.75 Å². The Kier molecular flexibility index (Phi) is 3.92. The van der Waals surface area contributed by atoms with Crippen molar-refractivity contribution in [2.24, 2.45) is 0 Å². The number of nitrogens with zero attached hydrogens (tertiary/aromatic N) is 1. The lowest BCUT2D eigenvalue weighted by Gasteiger charge is -2.42. The normalized spacial score (nSPS) is 18.9. The number of hydrogen-bond acceptors (Lipinski definition) is 4. The predicted octanol–water partition coefficient (Wildman–Crippen LogP) is 1.60. The van der Waals surface area contributed by atoms with Crippen molar-refractivity contribution in [2.45, 2.75) is 24.3 Å². The molecule has 5 nitrogen and oxygen atoms in total. The van der Waals surface area contributed by atoms with Crippen molar-refractivity contribution in [1.82, 2.24) is 4.31 Å². The molecular formula is C12H16BrNO4S. The third kappa shape index (κ3) is 2.94. The van der Waals surface area contributed by atoms with E-state index in [4.69, 9.17) is 4.74 Å². The van der Waals surface area contributed by atoms with Crippen molar-refractivity contribution in [3.05, 3.63) is 22.7 Å². The van der Waals surface area contributed by atoms with Crippen LogP contribution in [0, 0.1) is 0 Å².